The van der Waals surface area contributed by atoms with Gasteiger partial charge in [0.25, 0.3) is 0 Å². The van der Waals surface area contributed by atoms with Gasteiger partial charge >= 0.3 is 11.9 Å². The quantitative estimate of drug-likeness (QED) is 0.264. The Morgan fingerprint density at radius 1 is 1.00 bits per heavy atom. The van der Waals surface area contributed by atoms with Gasteiger partial charge in [0.15, 0.2) is 0 Å². The summed E-state index contributed by atoms with van der Waals surface area (Å²) in [6.07, 6.45) is 9.73. The minimum atomic E-state index is -0.780. The van der Waals surface area contributed by atoms with Crippen LogP contribution < -0.4 is 0 Å². The monoisotopic (exact) mass is 272 g/mol. The number of ether oxygens (including phenoxy) is 1. The molecule has 0 saturated carbocycles. The molecule has 0 radical (unpaired) electrons. The molecule has 104 valence electrons. The number of methoxy groups -OCH3 is 1. The van der Waals surface area contributed by atoms with Crippen molar-refractivity contribution in [2.75, 3.05) is 7.11 Å². The van der Waals surface area contributed by atoms with Crippen molar-refractivity contribution in [1.29, 1.82) is 0 Å². The Morgan fingerprint density at radius 3 is 2.28 bits per heavy atom. The Bertz CT molecular complexity index is 264. The molecule has 0 heterocycles. The van der Waals surface area contributed by atoms with E-state index in [0.717, 1.165) is 24.6 Å². The van der Waals surface area contributed by atoms with Crippen molar-refractivity contribution in [3.05, 3.63) is 12.2 Å². The molecular formula is C13H24O4Si. The van der Waals surface area contributed by atoms with Crippen LogP contribution in [0.1, 0.15) is 45.4 Å². The van der Waals surface area contributed by atoms with E-state index in [9.17, 15) is 9.59 Å². The van der Waals surface area contributed by atoms with Crippen molar-refractivity contribution in [3.63, 3.8) is 0 Å². The summed E-state index contributed by atoms with van der Waals surface area (Å²) in [5.41, 5.74) is 0. The summed E-state index contributed by atoms with van der Waals surface area (Å²) in [6, 6.07) is 1.02. The fourth-order valence-electron chi connectivity index (χ4n) is 1.48. The van der Waals surface area contributed by atoms with Gasteiger partial charge in [-0.25, -0.2) is 9.59 Å². The molecule has 0 aliphatic heterocycles. The highest BCUT2D eigenvalue weighted by Crippen LogP contribution is 2.06. The average molecular weight is 272 g/mol. The number of esters is 1. The molecule has 18 heavy (non-hydrogen) atoms. The fourth-order valence-corrected chi connectivity index (χ4v) is 2.48. The zero-order valence-corrected chi connectivity index (χ0v) is 12.9. The van der Waals surface area contributed by atoms with Gasteiger partial charge in [-0.2, -0.15) is 0 Å². The van der Waals surface area contributed by atoms with Gasteiger partial charge in [0, 0.05) is 12.2 Å². The van der Waals surface area contributed by atoms with Crippen LogP contribution in [-0.4, -0.2) is 28.8 Å². The van der Waals surface area contributed by atoms with Gasteiger partial charge in [0.2, 0.25) is 9.76 Å². The van der Waals surface area contributed by atoms with Crippen LogP contribution >= 0.6 is 0 Å². The molecule has 0 atom stereocenters. The second-order valence-corrected chi connectivity index (χ2v) is 5.55. The van der Waals surface area contributed by atoms with Crippen molar-refractivity contribution >= 4 is 21.7 Å². The molecule has 0 spiro atoms. The molecule has 0 unspecified atom stereocenters. The van der Waals surface area contributed by atoms with E-state index in [2.05, 4.69) is 11.7 Å². The number of carbonyl (C=O) groups is 2. The maximum absolute atomic E-state index is 11.2. The zero-order chi connectivity index (χ0) is 13.6. The Hall–Kier alpha value is -1.10. The van der Waals surface area contributed by atoms with Crippen LogP contribution in [0.4, 0.5) is 0 Å². The number of unbranched alkanes of at least 4 members (excludes halogenated alkanes) is 5. The SMILES string of the molecule is CCCCCCCC[SiH2]OC(=O)C=CC(=O)OC. The molecule has 0 aromatic carbocycles. The molecule has 0 rings (SSSR count). The number of hydrogen-bond donors (Lipinski definition) is 0. The van der Waals surface area contributed by atoms with Gasteiger partial charge in [0.1, 0.15) is 0 Å². The maximum atomic E-state index is 11.2. The van der Waals surface area contributed by atoms with Crippen molar-refractivity contribution in [1.82, 2.24) is 0 Å². The third kappa shape index (κ3) is 11.4. The minimum Gasteiger partial charge on any atom is -0.522 e. The molecule has 0 amide bonds. The fraction of sp³-hybridized carbons (Fsp3) is 0.692. The molecule has 4 nitrogen and oxygen atoms in total. The van der Waals surface area contributed by atoms with Crippen LogP contribution in [0.15, 0.2) is 12.2 Å². The summed E-state index contributed by atoms with van der Waals surface area (Å²) in [6.45, 7) is 2.20. The topological polar surface area (TPSA) is 52.6 Å². The maximum Gasteiger partial charge on any atom is 0.330 e. The third-order valence-electron chi connectivity index (χ3n) is 2.55. The predicted octanol–water partition coefficient (Wildman–Crippen LogP) is 2.12. The molecule has 5 heteroatoms. The first-order valence-corrected chi connectivity index (χ1v) is 8.21. The van der Waals surface area contributed by atoms with E-state index in [-0.39, 0.29) is 0 Å². The first-order chi connectivity index (χ1) is 8.70. The van der Waals surface area contributed by atoms with Crippen LogP contribution in [0, 0.1) is 0 Å². The van der Waals surface area contributed by atoms with Crippen LogP contribution in [-0.2, 0) is 18.8 Å². The van der Waals surface area contributed by atoms with Gasteiger partial charge in [-0.05, 0) is 6.04 Å². The third-order valence-corrected chi connectivity index (χ3v) is 3.83. The average Bonchev–Trinajstić information content (AvgIpc) is 2.39. The lowest BCUT2D eigenvalue weighted by Gasteiger charge is -2.02. The standard InChI is InChI=1S/C13H24O4Si/c1-3-4-5-6-7-8-11-18-17-13(15)10-9-12(14)16-2/h9-10H,3-8,11,18H2,1-2H3. The van der Waals surface area contributed by atoms with Gasteiger partial charge in [-0.1, -0.05) is 45.4 Å². The van der Waals surface area contributed by atoms with E-state index in [4.69, 9.17) is 4.43 Å². The van der Waals surface area contributed by atoms with E-state index < -0.39 is 21.7 Å². The van der Waals surface area contributed by atoms with Crippen LogP contribution in [0.2, 0.25) is 6.04 Å². The van der Waals surface area contributed by atoms with Crippen LogP contribution in [0.5, 0.6) is 0 Å². The Kier molecular flexibility index (Phi) is 11.6. The molecule has 0 N–H and O–H groups in total. The first-order valence-electron chi connectivity index (χ1n) is 6.63. The Labute approximate surface area is 112 Å². The minimum absolute atomic E-state index is 0.432. The molecule has 0 aromatic rings. The second-order valence-electron chi connectivity index (χ2n) is 4.15. The summed E-state index contributed by atoms with van der Waals surface area (Å²) in [5, 5.41) is 0. The molecule has 0 aliphatic rings. The predicted molar refractivity (Wildman–Crippen MR) is 74.0 cm³/mol. The van der Waals surface area contributed by atoms with E-state index >= 15 is 0 Å². The summed E-state index contributed by atoms with van der Waals surface area (Å²) in [7, 11) is 0.489. The van der Waals surface area contributed by atoms with E-state index in [1.807, 2.05) is 0 Å². The summed E-state index contributed by atoms with van der Waals surface area (Å²) in [5.74, 6) is -0.970. The van der Waals surface area contributed by atoms with E-state index in [1.165, 1.54) is 39.2 Å². The van der Waals surface area contributed by atoms with Crippen LogP contribution in [0.25, 0.3) is 0 Å². The van der Waals surface area contributed by atoms with Gasteiger partial charge in [-0.15, -0.1) is 0 Å². The molecular weight excluding hydrogens is 248 g/mol. The lowest BCUT2D eigenvalue weighted by Crippen LogP contribution is -2.06. The Morgan fingerprint density at radius 2 is 1.61 bits per heavy atom. The van der Waals surface area contributed by atoms with E-state index in [0.29, 0.717) is 0 Å². The highest BCUT2D eigenvalue weighted by Gasteiger charge is 1.99. The molecule has 0 aliphatic carbocycles. The van der Waals surface area contributed by atoms with Crippen molar-refractivity contribution < 1.29 is 18.8 Å². The van der Waals surface area contributed by atoms with Crippen molar-refractivity contribution in [2.45, 2.75) is 51.5 Å². The normalized spacial score (nSPS) is 11.2. The van der Waals surface area contributed by atoms with Gasteiger partial charge in [-0.3, -0.25) is 0 Å². The highest BCUT2D eigenvalue weighted by atomic mass is 28.2. The first kappa shape index (κ1) is 16.9. The lowest BCUT2D eigenvalue weighted by molar-refractivity contribution is -0.135. The molecule has 0 fully saturated rings. The lowest BCUT2D eigenvalue weighted by atomic mass is 10.1. The smallest absolute Gasteiger partial charge is 0.330 e. The van der Waals surface area contributed by atoms with Gasteiger partial charge in [0.05, 0.1) is 7.11 Å². The Balaban J connectivity index is 3.35. The van der Waals surface area contributed by atoms with Crippen LogP contribution in [0.3, 0.4) is 0 Å². The summed E-state index contributed by atoms with van der Waals surface area (Å²) in [4.78, 5) is 21.9. The van der Waals surface area contributed by atoms with Crippen molar-refractivity contribution in [2.24, 2.45) is 0 Å². The zero-order valence-electron chi connectivity index (χ0n) is 11.4. The number of carbonyl (C=O) groups excluding carboxylic acids is 2. The number of hydrogen-bond acceptors (Lipinski definition) is 4. The largest absolute Gasteiger partial charge is 0.522 e. The molecule has 0 aromatic heterocycles. The highest BCUT2D eigenvalue weighted by molar-refractivity contribution is 6.31. The molecule has 0 bridgehead atoms. The molecule has 0 saturated heterocycles. The van der Waals surface area contributed by atoms with Gasteiger partial charge < -0.3 is 9.16 Å². The number of rotatable bonds is 10. The van der Waals surface area contributed by atoms with E-state index in [1.54, 1.807) is 0 Å². The summed E-state index contributed by atoms with van der Waals surface area (Å²) >= 11 is 0. The second kappa shape index (κ2) is 12.4. The van der Waals surface area contributed by atoms with Crippen molar-refractivity contribution in [3.8, 4) is 0 Å². The summed E-state index contributed by atoms with van der Waals surface area (Å²) < 4.78 is 9.44.